The Hall–Kier alpha value is -3.93. The van der Waals surface area contributed by atoms with Gasteiger partial charge < -0.3 is 14.6 Å². The third-order valence-electron chi connectivity index (χ3n) is 5.88. The van der Waals surface area contributed by atoms with Gasteiger partial charge in [-0.25, -0.2) is 0 Å². The molecular weight excluding hydrogens is 414 g/mol. The molecule has 2 amide bonds. The molecule has 1 N–H and O–H groups in total. The van der Waals surface area contributed by atoms with Gasteiger partial charge in [0.15, 0.2) is 5.76 Å². The summed E-state index contributed by atoms with van der Waals surface area (Å²) in [4.78, 5) is 31.5. The molecule has 6 heteroatoms. The average molecular weight is 442 g/mol. The van der Waals surface area contributed by atoms with Gasteiger partial charge in [-0.1, -0.05) is 29.8 Å². The van der Waals surface area contributed by atoms with Crippen LogP contribution in [0.25, 0.3) is 11.0 Å². The first-order valence-electron chi connectivity index (χ1n) is 10.9. The molecule has 0 radical (unpaired) electrons. The lowest BCUT2D eigenvalue weighted by Gasteiger charge is -2.23. The van der Waals surface area contributed by atoms with Gasteiger partial charge in [0.05, 0.1) is 18.2 Å². The van der Waals surface area contributed by atoms with Crippen molar-refractivity contribution in [2.75, 3.05) is 12.4 Å². The molecule has 0 aliphatic heterocycles. The molecule has 0 bridgehead atoms. The number of benzene rings is 2. The van der Waals surface area contributed by atoms with Crippen molar-refractivity contribution in [1.82, 2.24) is 9.88 Å². The first kappa shape index (κ1) is 22.3. The lowest BCUT2D eigenvalue weighted by atomic mass is 10.0. The minimum absolute atomic E-state index is 0.0910. The van der Waals surface area contributed by atoms with E-state index in [0.29, 0.717) is 17.7 Å². The Morgan fingerprint density at radius 1 is 1.06 bits per heavy atom. The van der Waals surface area contributed by atoms with E-state index in [9.17, 15) is 9.59 Å². The third kappa shape index (κ3) is 4.95. The van der Waals surface area contributed by atoms with E-state index in [1.807, 2.05) is 63.2 Å². The number of nitrogens with zero attached hydrogens (tertiary/aromatic N) is 2. The van der Waals surface area contributed by atoms with E-state index in [1.165, 1.54) is 0 Å². The Kier molecular flexibility index (Phi) is 6.27. The molecule has 2 aromatic heterocycles. The predicted molar refractivity (Wildman–Crippen MR) is 129 cm³/mol. The van der Waals surface area contributed by atoms with Crippen LogP contribution in [0.2, 0.25) is 0 Å². The average Bonchev–Trinajstić information content (AvgIpc) is 3.24. The molecule has 0 spiro atoms. The van der Waals surface area contributed by atoms with Gasteiger partial charge in [0.2, 0.25) is 5.91 Å². The number of rotatable bonds is 6. The SMILES string of the molecule is Cc1ccc(C)c(CC(=O)Nc2ccc3oc(C(=O)N(C)C(C)c4ccccn4)cc3c2)c1. The van der Waals surface area contributed by atoms with Gasteiger partial charge in [-0.2, -0.15) is 0 Å². The van der Waals surface area contributed by atoms with E-state index in [1.54, 1.807) is 36.3 Å². The molecule has 0 fully saturated rings. The van der Waals surface area contributed by atoms with E-state index >= 15 is 0 Å². The van der Waals surface area contributed by atoms with Crippen LogP contribution >= 0.6 is 0 Å². The maximum Gasteiger partial charge on any atom is 0.289 e. The summed E-state index contributed by atoms with van der Waals surface area (Å²) in [5, 5.41) is 3.70. The normalized spacial score (nSPS) is 11.9. The van der Waals surface area contributed by atoms with Gasteiger partial charge >= 0.3 is 0 Å². The molecule has 0 aliphatic carbocycles. The highest BCUT2D eigenvalue weighted by molar-refractivity contribution is 5.98. The highest BCUT2D eigenvalue weighted by Gasteiger charge is 2.23. The van der Waals surface area contributed by atoms with Crippen LogP contribution in [0.4, 0.5) is 5.69 Å². The highest BCUT2D eigenvalue weighted by atomic mass is 16.3. The number of amides is 2. The summed E-state index contributed by atoms with van der Waals surface area (Å²) in [6, 6.07) is 18.6. The summed E-state index contributed by atoms with van der Waals surface area (Å²) in [5.41, 5.74) is 5.28. The molecule has 4 rings (SSSR count). The second-order valence-electron chi connectivity index (χ2n) is 8.36. The number of carbonyl (C=O) groups is 2. The fourth-order valence-corrected chi connectivity index (χ4v) is 3.77. The molecule has 4 aromatic rings. The fraction of sp³-hybridized carbons (Fsp3) is 0.222. The van der Waals surface area contributed by atoms with Crippen molar-refractivity contribution >= 4 is 28.5 Å². The van der Waals surface area contributed by atoms with Crippen LogP contribution in [0.5, 0.6) is 0 Å². The zero-order valence-electron chi connectivity index (χ0n) is 19.3. The monoisotopic (exact) mass is 441 g/mol. The minimum Gasteiger partial charge on any atom is -0.451 e. The van der Waals surface area contributed by atoms with Crippen LogP contribution in [0, 0.1) is 13.8 Å². The molecule has 1 unspecified atom stereocenters. The molecule has 6 nitrogen and oxygen atoms in total. The van der Waals surface area contributed by atoms with Crippen molar-refractivity contribution in [3.63, 3.8) is 0 Å². The molecule has 2 aromatic carbocycles. The smallest absolute Gasteiger partial charge is 0.289 e. The van der Waals surface area contributed by atoms with Crippen LogP contribution < -0.4 is 5.32 Å². The summed E-state index contributed by atoms with van der Waals surface area (Å²) in [6.07, 6.45) is 2.01. The molecular formula is C27H27N3O3. The van der Waals surface area contributed by atoms with Crippen molar-refractivity contribution in [2.45, 2.75) is 33.2 Å². The molecule has 2 heterocycles. The summed E-state index contributed by atoms with van der Waals surface area (Å²) in [7, 11) is 1.73. The number of hydrogen-bond acceptors (Lipinski definition) is 4. The summed E-state index contributed by atoms with van der Waals surface area (Å²) in [6.45, 7) is 5.94. The van der Waals surface area contributed by atoms with Crippen molar-refractivity contribution in [1.29, 1.82) is 0 Å². The largest absolute Gasteiger partial charge is 0.451 e. The molecule has 0 saturated heterocycles. The van der Waals surface area contributed by atoms with Crippen LogP contribution in [0.1, 0.15) is 45.9 Å². The number of pyridine rings is 1. The Labute approximate surface area is 193 Å². The number of hydrogen-bond donors (Lipinski definition) is 1. The van der Waals surface area contributed by atoms with Crippen LogP contribution in [-0.4, -0.2) is 28.7 Å². The number of carbonyl (C=O) groups excluding carboxylic acids is 2. The molecule has 1 atom stereocenters. The topological polar surface area (TPSA) is 75.4 Å². The highest BCUT2D eigenvalue weighted by Crippen LogP contribution is 2.26. The quantitative estimate of drug-likeness (QED) is 0.431. The molecule has 168 valence electrons. The van der Waals surface area contributed by atoms with E-state index in [4.69, 9.17) is 4.42 Å². The number of fused-ring (bicyclic) bond motifs is 1. The van der Waals surface area contributed by atoms with Gasteiger partial charge in [0, 0.05) is 24.3 Å². The summed E-state index contributed by atoms with van der Waals surface area (Å²) < 4.78 is 5.80. The Morgan fingerprint density at radius 2 is 1.88 bits per heavy atom. The Bertz CT molecular complexity index is 1310. The number of nitrogens with one attached hydrogen (secondary N) is 1. The van der Waals surface area contributed by atoms with Gasteiger partial charge in [-0.15, -0.1) is 0 Å². The number of anilines is 1. The summed E-state index contributed by atoms with van der Waals surface area (Å²) in [5.74, 6) is -0.0780. The first-order valence-corrected chi connectivity index (χ1v) is 10.9. The zero-order chi connectivity index (χ0) is 23.5. The van der Waals surface area contributed by atoms with Crippen molar-refractivity contribution < 1.29 is 14.0 Å². The van der Waals surface area contributed by atoms with Gasteiger partial charge in [-0.3, -0.25) is 14.6 Å². The third-order valence-corrected chi connectivity index (χ3v) is 5.88. The Morgan fingerprint density at radius 3 is 2.64 bits per heavy atom. The maximum atomic E-state index is 13.0. The van der Waals surface area contributed by atoms with E-state index in [2.05, 4.69) is 10.3 Å². The van der Waals surface area contributed by atoms with Gasteiger partial charge in [-0.05, 0) is 68.3 Å². The second-order valence-corrected chi connectivity index (χ2v) is 8.36. The summed E-state index contributed by atoms with van der Waals surface area (Å²) >= 11 is 0. The Balaban J connectivity index is 1.48. The molecule has 0 aliphatic rings. The van der Waals surface area contributed by atoms with Crippen LogP contribution in [0.15, 0.2) is 71.3 Å². The number of aryl methyl sites for hydroxylation is 2. The standard InChI is InChI=1S/C27H27N3O3/c1-17-8-9-18(2)20(13-17)16-26(31)29-22-10-11-24-21(14-22)15-25(33-24)27(32)30(4)19(3)23-7-5-6-12-28-23/h5-15,19H,16H2,1-4H3,(H,29,31). The molecule has 0 saturated carbocycles. The van der Waals surface area contributed by atoms with Crippen LogP contribution in [0.3, 0.4) is 0 Å². The van der Waals surface area contributed by atoms with Gasteiger partial charge in [0.25, 0.3) is 5.91 Å². The van der Waals surface area contributed by atoms with E-state index in [-0.39, 0.29) is 23.6 Å². The lowest BCUT2D eigenvalue weighted by Crippen LogP contribution is -2.29. The first-order chi connectivity index (χ1) is 15.8. The van der Waals surface area contributed by atoms with E-state index in [0.717, 1.165) is 27.8 Å². The fourth-order valence-electron chi connectivity index (χ4n) is 3.77. The van der Waals surface area contributed by atoms with Crippen molar-refractivity contribution in [3.8, 4) is 0 Å². The molecule has 33 heavy (non-hydrogen) atoms. The van der Waals surface area contributed by atoms with Gasteiger partial charge in [0.1, 0.15) is 5.58 Å². The lowest BCUT2D eigenvalue weighted by molar-refractivity contribution is -0.115. The van der Waals surface area contributed by atoms with Crippen molar-refractivity contribution in [3.05, 3.63) is 95.0 Å². The van der Waals surface area contributed by atoms with Crippen molar-refractivity contribution in [2.24, 2.45) is 0 Å². The minimum atomic E-state index is -0.232. The zero-order valence-corrected chi connectivity index (χ0v) is 19.3. The van der Waals surface area contributed by atoms with Crippen LogP contribution in [-0.2, 0) is 11.2 Å². The maximum absolute atomic E-state index is 13.0. The predicted octanol–water partition coefficient (Wildman–Crippen LogP) is 5.46. The number of furan rings is 1. The second kappa shape index (κ2) is 9.28. The number of aromatic nitrogens is 1. The van der Waals surface area contributed by atoms with E-state index < -0.39 is 0 Å².